The maximum Gasteiger partial charge on any atom is 0.131 e. The van der Waals surface area contributed by atoms with Crippen molar-refractivity contribution in [3.05, 3.63) is 23.4 Å². The standard InChI is InChI=1S/C12H20ClN3/c1-10-7-11(8-13)9-14-12(10)16(4)6-5-15(2)3/h7,9H,5-6,8H2,1-4H3. The SMILES string of the molecule is Cc1cc(CCl)cnc1N(C)CCN(C)C. The Hall–Kier alpha value is -0.800. The summed E-state index contributed by atoms with van der Waals surface area (Å²) in [6, 6.07) is 2.10. The lowest BCUT2D eigenvalue weighted by Crippen LogP contribution is -2.29. The van der Waals surface area contributed by atoms with Gasteiger partial charge in [-0.1, -0.05) is 0 Å². The minimum absolute atomic E-state index is 0.523. The highest BCUT2D eigenvalue weighted by Gasteiger charge is 2.07. The highest BCUT2D eigenvalue weighted by molar-refractivity contribution is 6.17. The topological polar surface area (TPSA) is 19.4 Å². The fourth-order valence-electron chi connectivity index (χ4n) is 1.55. The van der Waals surface area contributed by atoms with Gasteiger partial charge in [-0.15, -0.1) is 11.6 Å². The van der Waals surface area contributed by atoms with Gasteiger partial charge in [0.15, 0.2) is 0 Å². The number of aromatic nitrogens is 1. The molecule has 0 atom stereocenters. The lowest BCUT2D eigenvalue weighted by molar-refractivity contribution is 0.416. The molecule has 1 aromatic rings. The first-order valence-electron chi connectivity index (χ1n) is 5.42. The molecule has 0 amide bonds. The molecule has 0 aliphatic carbocycles. The zero-order valence-corrected chi connectivity index (χ0v) is 11.3. The van der Waals surface area contributed by atoms with E-state index < -0.39 is 0 Å². The number of nitrogens with zero attached hydrogens (tertiary/aromatic N) is 3. The Balaban J connectivity index is 2.71. The summed E-state index contributed by atoms with van der Waals surface area (Å²) in [5.74, 6) is 1.56. The fourth-order valence-corrected chi connectivity index (χ4v) is 1.70. The smallest absolute Gasteiger partial charge is 0.131 e. The van der Waals surface area contributed by atoms with Crippen LogP contribution in [0.5, 0.6) is 0 Å². The second kappa shape index (κ2) is 6.06. The van der Waals surface area contributed by atoms with E-state index in [2.05, 4.69) is 48.9 Å². The molecule has 0 radical (unpaired) electrons. The molecule has 16 heavy (non-hydrogen) atoms. The molecule has 90 valence electrons. The van der Waals surface area contributed by atoms with Crippen LogP contribution in [0.3, 0.4) is 0 Å². The zero-order valence-electron chi connectivity index (χ0n) is 10.5. The molecule has 0 aliphatic rings. The Bertz CT molecular complexity index is 339. The van der Waals surface area contributed by atoms with E-state index in [0.29, 0.717) is 5.88 Å². The van der Waals surface area contributed by atoms with Crippen molar-refractivity contribution in [2.75, 3.05) is 39.1 Å². The van der Waals surface area contributed by atoms with Gasteiger partial charge in [0.1, 0.15) is 5.82 Å². The Morgan fingerprint density at radius 3 is 2.44 bits per heavy atom. The molecule has 0 unspecified atom stereocenters. The van der Waals surface area contributed by atoms with Gasteiger partial charge < -0.3 is 9.80 Å². The van der Waals surface area contributed by atoms with Crippen molar-refractivity contribution >= 4 is 17.4 Å². The summed E-state index contributed by atoms with van der Waals surface area (Å²) in [6.45, 7) is 4.07. The van der Waals surface area contributed by atoms with Gasteiger partial charge in [-0.05, 0) is 38.2 Å². The van der Waals surface area contributed by atoms with Gasteiger partial charge in [-0.25, -0.2) is 4.98 Å². The van der Waals surface area contributed by atoms with Crippen LogP contribution in [0.4, 0.5) is 5.82 Å². The number of anilines is 1. The van der Waals surface area contributed by atoms with E-state index in [9.17, 15) is 0 Å². The Morgan fingerprint density at radius 2 is 1.94 bits per heavy atom. The van der Waals surface area contributed by atoms with E-state index in [1.807, 2.05) is 6.20 Å². The molecule has 0 saturated heterocycles. The van der Waals surface area contributed by atoms with Gasteiger partial charge in [0.2, 0.25) is 0 Å². The number of aryl methyl sites for hydroxylation is 1. The first kappa shape index (κ1) is 13.3. The van der Waals surface area contributed by atoms with Gasteiger partial charge in [-0.2, -0.15) is 0 Å². The molecule has 0 aliphatic heterocycles. The molecule has 0 aromatic carbocycles. The predicted molar refractivity (Wildman–Crippen MR) is 70.4 cm³/mol. The largest absolute Gasteiger partial charge is 0.358 e. The first-order chi connectivity index (χ1) is 7.54. The van der Waals surface area contributed by atoms with E-state index in [0.717, 1.165) is 24.5 Å². The van der Waals surface area contributed by atoms with Gasteiger partial charge in [0.25, 0.3) is 0 Å². The molecule has 1 aromatic heterocycles. The van der Waals surface area contributed by atoms with Crippen molar-refractivity contribution in [3.63, 3.8) is 0 Å². The third kappa shape index (κ3) is 3.65. The van der Waals surface area contributed by atoms with Crippen LogP contribution in [0.2, 0.25) is 0 Å². The van der Waals surface area contributed by atoms with Crippen LogP contribution in [0.25, 0.3) is 0 Å². The van der Waals surface area contributed by atoms with Crippen LogP contribution in [-0.2, 0) is 5.88 Å². The molecule has 1 heterocycles. The normalized spacial score (nSPS) is 10.9. The van der Waals surface area contributed by atoms with Crippen molar-refractivity contribution < 1.29 is 0 Å². The molecular formula is C12H20ClN3. The predicted octanol–water partition coefficient (Wildman–Crippen LogP) is 2.13. The molecule has 1 rings (SSSR count). The number of hydrogen-bond donors (Lipinski definition) is 0. The summed E-state index contributed by atoms with van der Waals surface area (Å²) >= 11 is 5.77. The molecular weight excluding hydrogens is 222 g/mol. The summed E-state index contributed by atoms with van der Waals surface area (Å²) in [7, 11) is 6.22. The number of halogens is 1. The number of hydrogen-bond acceptors (Lipinski definition) is 3. The Kier molecular flexibility index (Phi) is 5.03. The van der Waals surface area contributed by atoms with Gasteiger partial charge in [0.05, 0.1) is 0 Å². The molecule has 0 spiro atoms. The van der Waals surface area contributed by atoms with E-state index in [-0.39, 0.29) is 0 Å². The quantitative estimate of drug-likeness (QED) is 0.737. The lowest BCUT2D eigenvalue weighted by atomic mass is 10.2. The molecule has 4 heteroatoms. The van der Waals surface area contributed by atoms with E-state index in [1.165, 1.54) is 5.56 Å². The maximum atomic E-state index is 5.77. The molecule has 0 N–H and O–H groups in total. The van der Waals surface area contributed by atoms with Crippen LogP contribution >= 0.6 is 11.6 Å². The monoisotopic (exact) mass is 241 g/mol. The number of alkyl halides is 1. The lowest BCUT2D eigenvalue weighted by Gasteiger charge is -2.22. The van der Waals surface area contributed by atoms with Gasteiger partial charge >= 0.3 is 0 Å². The second-order valence-electron chi connectivity index (χ2n) is 4.34. The van der Waals surface area contributed by atoms with E-state index >= 15 is 0 Å². The van der Waals surface area contributed by atoms with Crippen molar-refractivity contribution in [1.82, 2.24) is 9.88 Å². The highest BCUT2D eigenvalue weighted by atomic mass is 35.5. The van der Waals surface area contributed by atoms with Gasteiger partial charge in [0, 0.05) is 32.2 Å². The van der Waals surface area contributed by atoms with Crippen LogP contribution in [0.15, 0.2) is 12.3 Å². The average molecular weight is 242 g/mol. The number of likely N-dealkylation sites (N-methyl/N-ethyl adjacent to an activating group) is 2. The van der Waals surface area contributed by atoms with Crippen LogP contribution < -0.4 is 4.90 Å². The Labute approximate surface area is 103 Å². The summed E-state index contributed by atoms with van der Waals surface area (Å²) in [5.41, 5.74) is 2.25. The summed E-state index contributed by atoms with van der Waals surface area (Å²) in [5, 5.41) is 0. The summed E-state index contributed by atoms with van der Waals surface area (Å²) in [6.07, 6.45) is 1.85. The van der Waals surface area contributed by atoms with Crippen molar-refractivity contribution in [1.29, 1.82) is 0 Å². The first-order valence-corrected chi connectivity index (χ1v) is 5.95. The molecule has 0 saturated carbocycles. The minimum Gasteiger partial charge on any atom is -0.358 e. The highest BCUT2D eigenvalue weighted by Crippen LogP contribution is 2.17. The van der Waals surface area contributed by atoms with Crippen molar-refractivity contribution in [2.45, 2.75) is 12.8 Å². The third-order valence-corrected chi connectivity index (χ3v) is 2.81. The van der Waals surface area contributed by atoms with Crippen molar-refractivity contribution in [2.24, 2.45) is 0 Å². The molecule has 0 fully saturated rings. The molecule has 0 bridgehead atoms. The number of rotatable bonds is 5. The second-order valence-corrected chi connectivity index (χ2v) is 4.61. The third-order valence-electron chi connectivity index (χ3n) is 2.51. The molecule has 3 nitrogen and oxygen atoms in total. The Morgan fingerprint density at radius 1 is 1.25 bits per heavy atom. The van der Waals surface area contributed by atoms with E-state index in [4.69, 9.17) is 11.6 Å². The van der Waals surface area contributed by atoms with Crippen LogP contribution in [-0.4, -0.2) is 44.1 Å². The fraction of sp³-hybridized carbons (Fsp3) is 0.583. The van der Waals surface area contributed by atoms with Crippen LogP contribution in [0, 0.1) is 6.92 Å². The van der Waals surface area contributed by atoms with Gasteiger partial charge in [-0.3, -0.25) is 0 Å². The van der Waals surface area contributed by atoms with Crippen LogP contribution in [0.1, 0.15) is 11.1 Å². The minimum atomic E-state index is 0.523. The van der Waals surface area contributed by atoms with E-state index in [1.54, 1.807) is 0 Å². The zero-order chi connectivity index (χ0) is 12.1. The average Bonchev–Trinajstić information content (AvgIpc) is 2.25. The van der Waals surface area contributed by atoms with Crippen molar-refractivity contribution in [3.8, 4) is 0 Å². The summed E-state index contributed by atoms with van der Waals surface area (Å²) < 4.78 is 0. The number of pyridine rings is 1. The maximum absolute atomic E-state index is 5.77. The summed E-state index contributed by atoms with van der Waals surface area (Å²) in [4.78, 5) is 8.79.